The molecule has 1 heterocycles. The minimum absolute atomic E-state index is 0.0385. The molecule has 0 saturated carbocycles. The Balaban J connectivity index is 1.53. The maximum absolute atomic E-state index is 13.1. The van der Waals surface area contributed by atoms with Crippen molar-refractivity contribution in [2.45, 2.75) is 13.8 Å². The van der Waals surface area contributed by atoms with Crippen LogP contribution in [-0.4, -0.2) is 30.9 Å². The van der Waals surface area contributed by atoms with Gasteiger partial charge in [0.2, 0.25) is 0 Å². The fourth-order valence-electron chi connectivity index (χ4n) is 3.83. The van der Waals surface area contributed by atoms with Gasteiger partial charge in [0, 0.05) is 10.2 Å². The average molecular weight is 584 g/mol. The van der Waals surface area contributed by atoms with Crippen molar-refractivity contribution in [2.75, 3.05) is 17.3 Å². The van der Waals surface area contributed by atoms with E-state index in [1.807, 2.05) is 26.0 Å². The highest BCUT2D eigenvalue weighted by molar-refractivity contribution is 9.10. The number of hydrogen-bond acceptors (Lipinski definition) is 7. The van der Waals surface area contributed by atoms with Crippen LogP contribution in [0.4, 0.5) is 11.4 Å². The van der Waals surface area contributed by atoms with E-state index in [1.54, 1.807) is 24.3 Å². The molecule has 8 nitrogen and oxygen atoms in total. The van der Waals surface area contributed by atoms with Gasteiger partial charge >= 0.3 is 11.9 Å². The number of methoxy groups -OCH3 is 1. The molecule has 3 aromatic rings. The number of carbonyl (C=O) groups excluding carboxylic acids is 4. The van der Waals surface area contributed by atoms with Gasteiger partial charge in [-0.05, 0) is 73.5 Å². The first-order valence-electron chi connectivity index (χ1n) is 10.9. The van der Waals surface area contributed by atoms with Crippen LogP contribution in [0.2, 0.25) is 0 Å². The third-order valence-corrected chi connectivity index (χ3v) is 6.40. The molecule has 0 unspecified atom stereocenters. The van der Waals surface area contributed by atoms with Gasteiger partial charge in [0.15, 0.2) is 0 Å². The zero-order valence-electron chi connectivity index (χ0n) is 19.9. The van der Waals surface area contributed by atoms with Gasteiger partial charge < -0.3 is 14.8 Å². The van der Waals surface area contributed by atoms with Gasteiger partial charge in [0.1, 0.15) is 16.5 Å². The zero-order chi connectivity index (χ0) is 26.9. The summed E-state index contributed by atoms with van der Waals surface area (Å²) in [6, 6.07) is 15.9. The van der Waals surface area contributed by atoms with Gasteiger partial charge in [0.05, 0.1) is 23.9 Å². The Morgan fingerprint density at radius 3 is 2.16 bits per heavy atom. The Bertz CT molecular complexity index is 1460. The molecule has 0 aliphatic carbocycles. The second kappa shape index (κ2) is 10.6. The van der Waals surface area contributed by atoms with Crippen molar-refractivity contribution < 1.29 is 28.7 Å². The van der Waals surface area contributed by atoms with Crippen molar-refractivity contribution in [3.05, 3.63) is 98.1 Å². The van der Waals surface area contributed by atoms with E-state index in [0.29, 0.717) is 11.4 Å². The zero-order valence-corrected chi connectivity index (χ0v) is 22.3. The summed E-state index contributed by atoms with van der Waals surface area (Å²) in [7, 11) is 1.20. The quantitative estimate of drug-likeness (QED) is 0.232. The largest absolute Gasteiger partial charge is 0.465 e. The highest BCUT2D eigenvalue weighted by Crippen LogP contribution is 2.33. The third kappa shape index (κ3) is 5.14. The molecule has 3 aromatic carbocycles. The molecular formula is C27H20BrClN2O6. The van der Waals surface area contributed by atoms with Gasteiger partial charge in [-0.3, -0.25) is 9.59 Å². The third-order valence-electron chi connectivity index (χ3n) is 5.59. The molecule has 0 spiro atoms. The summed E-state index contributed by atoms with van der Waals surface area (Å²) in [5.41, 5.74) is 2.24. The van der Waals surface area contributed by atoms with Gasteiger partial charge in [0.25, 0.3) is 11.8 Å². The molecule has 37 heavy (non-hydrogen) atoms. The molecule has 0 atom stereocenters. The maximum Gasteiger partial charge on any atom is 0.343 e. The van der Waals surface area contributed by atoms with Crippen LogP contribution in [0.3, 0.4) is 0 Å². The number of nitrogens with zero attached hydrogens (tertiary/aromatic N) is 1. The van der Waals surface area contributed by atoms with Crippen LogP contribution in [0.5, 0.6) is 5.75 Å². The summed E-state index contributed by atoms with van der Waals surface area (Å²) in [5, 5.41) is 2.50. The monoisotopic (exact) mass is 582 g/mol. The first-order chi connectivity index (χ1) is 17.6. The molecule has 0 bridgehead atoms. The number of benzene rings is 3. The van der Waals surface area contributed by atoms with Crippen LogP contribution < -0.4 is 15.0 Å². The number of esters is 2. The minimum Gasteiger partial charge on any atom is -0.465 e. The Kier molecular flexibility index (Phi) is 7.47. The van der Waals surface area contributed by atoms with Crippen molar-refractivity contribution in [3.8, 4) is 5.75 Å². The molecule has 10 heteroatoms. The van der Waals surface area contributed by atoms with Gasteiger partial charge in [-0.15, -0.1) is 0 Å². The van der Waals surface area contributed by atoms with Crippen LogP contribution in [0.25, 0.3) is 0 Å². The lowest BCUT2D eigenvalue weighted by Gasteiger charge is -2.18. The number of carbonyl (C=O) groups is 4. The second-order valence-corrected chi connectivity index (χ2v) is 9.40. The summed E-state index contributed by atoms with van der Waals surface area (Å²) < 4.78 is 11.2. The molecule has 0 saturated heterocycles. The van der Waals surface area contributed by atoms with Crippen molar-refractivity contribution in [1.29, 1.82) is 0 Å². The predicted molar refractivity (Wildman–Crippen MR) is 142 cm³/mol. The number of anilines is 2. The predicted octanol–water partition coefficient (Wildman–Crippen LogP) is 5.51. The highest BCUT2D eigenvalue weighted by Gasteiger charge is 2.40. The van der Waals surface area contributed by atoms with E-state index in [2.05, 4.69) is 21.2 Å². The summed E-state index contributed by atoms with van der Waals surface area (Å²) in [6.45, 7) is 3.69. The van der Waals surface area contributed by atoms with Gasteiger partial charge in [-0.25, -0.2) is 14.5 Å². The summed E-state index contributed by atoms with van der Waals surface area (Å²) in [6.07, 6.45) is 0. The van der Waals surface area contributed by atoms with E-state index in [9.17, 15) is 19.2 Å². The summed E-state index contributed by atoms with van der Waals surface area (Å²) >= 11 is 9.62. The second-order valence-electron chi connectivity index (χ2n) is 8.10. The number of hydrogen-bond donors (Lipinski definition) is 1. The van der Waals surface area contributed by atoms with E-state index >= 15 is 0 Å². The van der Waals surface area contributed by atoms with Crippen molar-refractivity contribution >= 4 is 62.7 Å². The molecule has 1 N–H and O–H groups in total. The Labute approximate surface area is 225 Å². The van der Waals surface area contributed by atoms with Crippen molar-refractivity contribution in [2.24, 2.45) is 0 Å². The van der Waals surface area contributed by atoms with Crippen molar-refractivity contribution in [1.82, 2.24) is 0 Å². The SMILES string of the molecule is COC(=O)c1ccccc1N1C(=O)C(Cl)=C(Nc2ccc(C(=O)Oc3c(C)cc(Br)cc3C)cc2)C1=O. The molecule has 1 aliphatic heterocycles. The molecule has 1 aliphatic rings. The molecule has 0 radical (unpaired) electrons. The Morgan fingerprint density at radius 1 is 0.919 bits per heavy atom. The van der Waals surface area contributed by atoms with Crippen LogP contribution in [-0.2, 0) is 14.3 Å². The smallest absolute Gasteiger partial charge is 0.343 e. The molecule has 0 fully saturated rings. The molecule has 188 valence electrons. The van der Waals surface area contributed by atoms with E-state index < -0.39 is 23.8 Å². The van der Waals surface area contributed by atoms with Crippen molar-refractivity contribution in [3.63, 3.8) is 0 Å². The average Bonchev–Trinajstić information content (AvgIpc) is 3.08. The number of para-hydroxylation sites is 1. The lowest BCUT2D eigenvalue weighted by molar-refractivity contribution is -0.120. The highest BCUT2D eigenvalue weighted by atomic mass is 79.9. The van der Waals surface area contributed by atoms with E-state index in [4.69, 9.17) is 21.1 Å². The fourth-order valence-corrected chi connectivity index (χ4v) is 4.72. The van der Waals surface area contributed by atoms with E-state index in [-0.39, 0.29) is 27.5 Å². The molecule has 0 aromatic heterocycles. The maximum atomic E-state index is 13.1. The van der Waals surface area contributed by atoms with Gasteiger partial charge in [-0.1, -0.05) is 39.7 Å². The number of imide groups is 1. The van der Waals surface area contributed by atoms with Crippen LogP contribution in [0, 0.1) is 13.8 Å². The molecule has 4 rings (SSSR count). The van der Waals surface area contributed by atoms with Crippen LogP contribution in [0.1, 0.15) is 31.8 Å². The standard InChI is InChI=1S/C27H20BrClN2O6/c1-14-12-17(28)13-15(2)23(14)37-26(34)16-8-10-18(11-9-16)30-22-21(29)24(32)31(25(22)33)20-7-5-4-6-19(20)27(35)36-3/h4-13,30H,1-3H3. The lowest BCUT2D eigenvalue weighted by atomic mass is 10.1. The van der Waals surface area contributed by atoms with Crippen LogP contribution in [0.15, 0.2) is 75.9 Å². The number of aryl methyl sites for hydroxylation is 2. The van der Waals surface area contributed by atoms with Crippen LogP contribution >= 0.6 is 27.5 Å². The Hall–Kier alpha value is -3.95. The Morgan fingerprint density at radius 2 is 1.54 bits per heavy atom. The molecular weight excluding hydrogens is 564 g/mol. The minimum atomic E-state index is -0.786. The van der Waals surface area contributed by atoms with Gasteiger partial charge in [-0.2, -0.15) is 0 Å². The first kappa shape index (κ1) is 26.1. The van der Waals surface area contributed by atoms with E-state index in [0.717, 1.165) is 20.5 Å². The fraction of sp³-hybridized carbons (Fsp3) is 0.111. The number of rotatable bonds is 6. The van der Waals surface area contributed by atoms with E-state index in [1.165, 1.54) is 31.4 Å². The summed E-state index contributed by atoms with van der Waals surface area (Å²) in [5.74, 6) is -2.29. The summed E-state index contributed by atoms with van der Waals surface area (Å²) in [4.78, 5) is 51.6. The topological polar surface area (TPSA) is 102 Å². The number of ether oxygens (including phenoxy) is 2. The number of nitrogens with one attached hydrogen (secondary N) is 1. The molecule has 2 amide bonds. The lowest BCUT2D eigenvalue weighted by Crippen LogP contribution is -2.33. The normalized spacial score (nSPS) is 13.2. The number of amides is 2. The first-order valence-corrected chi connectivity index (χ1v) is 12.1. The number of halogens is 2.